The summed E-state index contributed by atoms with van der Waals surface area (Å²) in [7, 11) is 0. The summed E-state index contributed by atoms with van der Waals surface area (Å²) in [4.78, 5) is 0. The summed E-state index contributed by atoms with van der Waals surface area (Å²) in [5, 5.41) is 3.39. The molecule has 0 amide bonds. The van der Waals surface area contributed by atoms with E-state index in [2.05, 4.69) is 26.1 Å². The SMILES string of the molecule is CCCCC(NCC)C(C)N. The third-order valence-electron chi connectivity index (χ3n) is 1.97. The molecule has 0 spiro atoms. The summed E-state index contributed by atoms with van der Waals surface area (Å²) < 4.78 is 0. The third-order valence-corrected chi connectivity index (χ3v) is 1.97. The Kier molecular flexibility index (Phi) is 6.57. The Morgan fingerprint density at radius 2 is 2.00 bits per heavy atom. The second-order valence-corrected chi connectivity index (χ2v) is 3.17. The molecular formula is C9H22N2. The highest BCUT2D eigenvalue weighted by Crippen LogP contribution is 2.02. The molecule has 11 heavy (non-hydrogen) atoms. The predicted octanol–water partition coefficient (Wildman–Crippen LogP) is 1.50. The van der Waals surface area contributed by atoms with Crippen molar-refractivity contribution in [3.05, 3.63) is 0 Å². The summed E-state index contributed by atoms with van der Waals surface area (Å²) in [5.74, 6) is 0. The van der Waals surface area contributed by atoms with E-state index in [4.69, 9.17) is 5.73 Å². The van der Waals surface area contributed by atoms with Crippen molar-refractivity contribution in [2.75, 3.05) is 6.54 Å². The number of hydrogen-bond acceptors (Lipinski definition) is 2. The Labute approximate surface area is 70.5 Å². The van der Waals surface area contributed by atoms with Crippen molar-refractivity contribution in [3.63, 3.8) is 0 Å². The van der Waals surface area contributed by atoms with Crippen LogP contribution in [0.1, 0.15) is 40.0 Å². The number of unbranched alkanes of at least 4 members (excludes halogenated alkanes) is 1. The van der Waals surface area contributed by atoms with E-state index in [-0.39, 0.29) is 6.04 Å². The smallest absolute Gasteiger partial charge is 0.0216 e. The maximum Gasteiger partial charge on any atom is 0.0216 e. The van der Waals surface area contributed by atoms with Crippen LogP contribution in [0.2, 0.25) is 0 Å². The number of rotatable bonds is 6. The van der Waals surface area contributed by atoms with Crippen LogP contribution in [0.4, 0.5) is 0 Å². The maximum absolute atomic E-state index is 5.80. The van der Waals surface area contributed by atoms with Gasteiger partial charge in [0.1, 0.15) is 0 Å². The van der Waals surface area contributed by atoms with Crippen LogP contribution in [-0.4, -0.2) is 18.6 Å². The molecule has 2 unspecified atom stereocenters. The highest BCUT2D eigenvalue weighted by molar-refractivity contribution is 4.74. The first-order chi connectivity index (χ1) is 5.22. The lowest BCUT2D eigenvalue weighted by molar-refractivity contribution is 0.420. The second-order valence-electron chi connectivity index (χ2n) is 3.17. The zero-order valence-corrected chi connectivity index (χ0v) is 8.06. The van der Waals surface area contributed by atoms with Crippen LogP contribution in [-0.2, 0) is 0 Å². The summed E-state index contributed by atoms with van der Waals surface area (Å²) in [6.45, 7) is 7.43. The van der Waals surface area contributed by atoms with Crippen LogP contribution in [0.3, 0.4) is 0 Å². The van der Waals surface area contributed by atoms with Crippen LogP contribution in [0, 0.1) is 0 Å². The lowest BCUT2D eigenvalue weighted by Crippen LogP contribution is -2.43. The van der Waals surface area contributed by atoms with E-state index in [9.17, 15) is 0 Å². The Balaban J connectivity index is 3.51. The molecule has 0 fully saturated rings. The first-order valence-electron chi connectivity index (χ1n) is 4.71. The molecule has 0 saturated carbocycles. The first-order valence-corrected chi connectivity index (χ1v) is 4.71. The summed E-state index contributed by atoms with van der Waals surface area (Å²) >= 11 is 0. The fraction of sp³-hybridized carbons (Fsp3) is 1.00. The molecule has 0 heterocycles. The van der Waals surface area contributed by atoms with Gasteiger partial charge in [-0.1, -0.05) is 26.7 Å². The fourth-order valence-corrected chi connectivity index (χ4v) is 1.24. The van der Waals surface area contributed by atoms with Crippen molar-refractivity contribution in [3.8, 4) is 0 Å². The van der Waals surface area contributed by atoms with E-state index in [0.717, 1.165) is 6.54 Å². The van der Waals surface area contributed by atoms with Gasteiger partial charge in [-0.25, -0.2) is 0 Å². The van der Waals surface area contributed by atoms with Gasteiger partial charge >= 0.3 is 0 Å². The molecular weight excluding hydrogens is 136 g/mol. The van der Waals surface area contributed by atoms with Gasteiger partial charge in [0.15, 0.2) is 0 Å². The van der Waals surface area contributed by atoms with Gasteiger partial charge in [-0.3, -0.25) is 0 Å². The van der Waals surface area contributed by atoms with Crippen molar-refractivity contribution < 1.29 is 0 Å². The van der Waals surface area contributed by atoms with E-state index >= 15 is 0 Å². The summed E-state index contributed by atoms with van der Waals surface area (Å²) in [6, 6.07) is 0.793. The third kappa shape index (κ3) is 5.22. The Bertz CT molecular complexity index is 81.6. The van der Waals surface area contributed by atoms with Gasteiger partial charge < -0.3 is 11.1 Å². The van der Waals surface area contributed by atoms with Crippen LogP contribution in [0.25, 0.3) is 0 Å². The normalized spacial score (nSPS) is 16.4. The van der Waals surface area contributed by atoms with Crippen LogP contribution >= 0.6 is 0 Å². The summed E-state index contributed by atoms with van der Waals surface area (Å²) in [6.07, 6.45) is 3.75. The lowest BCUT2D eigenvalue weighted by Gasteiger charge is -2.21. The molecule has 0 saturated heterocycles. The molecule has 0 aromatic heterocycles. The average Bonchev–Trinajstić information content (AvgIpc) is 1.97. The second kappa shape index (κ2) is 6.62. The fourth-order valence-electron chi connectivity index (χ4n) is 1.24. The molecule has 0 rings (SSSR count). The predicted molar refractivity (Wildman–Crippen MR) is 50.6 cm³/mol. The largest absolute Gasteiger partial charge is 0.327 e. The van der Waals surface area contributed by atoms with Crippen LogP contribution in [0.15, 0.2) is 0 Å². The molecule has 0 aliphatic carbocycles. The molecule has 2 nitrogen and oxygen atoms in total. The minimum Gasteiger partial charge on any atom is -0.327 e. The molecule has 2 atom stereocenters. The lowest BCUT2D eigenvalue weighted by atomic mass is 10.0. The van der Waals surface area contributed by atoms with E-state index in [1.807, 2.05) is 0 Å². The Hall–Kier alpha value is -0.0800. The van der Waals surface area contributed by atoms with Gasteiger partial charge in [-0.2, -0.15) is 0 Å². The van der Waals surface area contributed by atoms with Crippen molar-refractivity contribution in [1.29, 1.82) is 0 Å². The standard InChI is InChI=1S/C9H22N2/c1-4-6-7-9(8(3)10)11-5-2/h8-9,11H,4-7,10H2,1-3H3. The molecule has 0 aliphatic rings. The monoisotopic (exact) mass is 158 g/mol. The van der Waals surface area contributed by atoms with Gasteiger partial charge in [-0.05, 0) is 19.9 Å². The van der Waals surface area contributed by atoms with Crippen molar-refractivity contribution >= 4 is 0 Å². The van der Waals surface area contributed by atoms with Crippen molar-refractivity contribution in [1.82, 2.24) is 5.32 Å². The molecule has 3 N–H and O–H groups in total. The van der Waals surface area contributed by atoms with Gasteiger partial charge in [0.2, 0.25) is 0 Å². The Morgan fingerprint density at radius 3 is 2.36 bits per heavy atom. The Morgan fingerprint density at radius 1 is 1.36 bits per heavy atom. The topological polar surface area (TPSA) is 38.0 Å². The molecule has 0 aromatic rings. The van der Waals surface area contributed by atoms with E-state index in [1.54, 1.807) is 0 Å². The number of nitrogens with one attached hydrogen (secondary N) is 1. The van der Waals surface area contributed by atoms with Gasteiger partial charge in [0.25, 0.3) is 0 Å². The maximum atomic E-state index is 5.80. The van der Waals surface area contributed by atoms with Crippen molar-refractivity contribution in [2.24, 2.45) is 5.73 Å². The van der Waals surface area contributed by atoms with Gasteiger partial charge in [0, 0.05) is 12.1 Å². The molecule has 68 valence electrons. The summed E-state index contributed by atoms with van der Waals surface area (Å²) in [5.41, 5.74) is 5.80. The molecule has 0 aromatic carbocycles. The number of likely N-dealkylation sites (N-methyl/N-ethyl adjacent to an activating group) is 1. The highest BCUT2D eigenvalue weighted by Gasteiger charge is 2.10. The molecule has 0 aliphatic heterocycles. The number of hydrogen-bond donors (Lipinski definition) is 2. The average molecular weight is 158 g/mol. The van der Waals surface area contributed by atoms with Gasteiger partial charge in [-0.15, -0.1) is 0 Å². The van der Waals surface area contributed by atoms with E-state index < -0.39 is 0 Å². The van der Waals surface area contributed by atoms with Crippen LogP contribution < -0.4 is 11.1 Å². The molecule has 0 bridgehead atoms. The zero-order chi connectivity index (χ0) is 8.69. The minimum atomic E-state index is 0.279. The molecule has 0 radical (unpaired) electrons. The van der Waals surface area contributed by atoms with Crippen LogP contribution in [0.5, 0.6) is 0 Å². The van der Waals surface area contributed by atoms with Crippen molar-refractivity contribution in [2.45, 2.75) is 52.1 Å². The minimum absolute atomic E-state index is 0.279. The quantitative estimate of drug-likeness (QED) is 0.615. The van der Waals surface area contributed by atoms with E-state index in [0.29, 0.717) is 6.04 Å². The zero-order valence-electron chi connectivity index (χ0n) is 8.06. The van der Waals surface area contributed by atoms with Gasteiger partial charge in [0.05, 0.1) is 0 Å². The highest BCUT2D eigenvalue weighted by atomic mass is 14.9. The first kappa shape index (κ1) is 10.9. The number of nitrogens with two attached hydrogens (primary N) is 1. The van der Waals surface area contributed by atoms with E-state index in [1.165, 1.54) is 19.3 Å². The molecule has 2 heteroatoms.